The minimum absolute atomic E-state index is 0.578. The van der Waals surface area contributed by atoms with Crippen LogP contribution in [0.3, 0.4) is 0 Å². The highest BCUT2D eigenvalue weighted by atomic mass is 16.5. The van der Waals surface area contributed by atoms with Gasteiger partial charge in [0.15, 0.2) is 0 Å². The normalized spacial score (nSPS) is 11.4. The summed E-state index contributed by atoms with van der Waals surface area (Å²) < 4.78 is 11.5. The first-order valence-electron chi connectivity index (χ1n) is 8.44. The molecular weight excluding hydrogens is 298 g/mol. The summed E-state index contributed by atoms with van der Waals surface area (Å²) in [7, 11) is 0. The molecule has 0 heterocycles. The van der Waals surface area contributed by atoms with Gasteiger partial charge in [-0.2, -0.15) is 0 Å². The molecule has 0 aliphatic carbocycles. The molecule has 0 atom stereocenters. The summed E-state index contributed by atoms with van der Waals surface area (Å²) in [5.41, 5.74) is 10.4. The SMILES string of the molecule is CCOC(=Cc1ccc(OCc2cc(C)cc(C)c2)cc1)CCN. The van der Waals surface area contributed by atoms with E-state index in [-0.39, 0.29) is 0 Å². The first-order valence-corrected chi connectivity index (χ1v) is 8.44. The van der Waals surface area contributed by atoms with E-state index in [2.05, 4.69) is 32.0 Å². The third kappa shape index (κ3) is 5.74. The smallest absolute Gasteiger partial charge is 0.119 e. The second-order valence-electron chi connectivity index (χ2n) is 5.94. The van der Waals surface area contributed by atoms with Gasteiger partial charge in [-0.1, -0.05) is 41.5 Å². The third-order valence-corrected chi connectivity index (χ3v) is 3.62. The highest BCUT2D eigenvalue weighted by Crippen LogP contribution is 2.18. The van der Waals surface area contributed by atoms with Gasteiger partial charge in [0.2, 0.25) is 0 Å². The van der Waals surface area contributed by atoms with Gasteiger partial charge in [-0.3, -0.25) is 0 Å². The van der Waals surface area contributed by atoms with Crippen molar-refractivity contribution in [3.8, 4) is 5.75 Å². The molecule has 2 aromatic carbocycles. The summed E-state index contributed by atoms with van der Waals surface area (Å²) >= 11 is 0. The zero-order chi connectivity index (χ0) is 17.4. The van der Waals surface area contributed by atoms with Gasteiger partial charge in [0.05, 0.1) is 12.4 Å². The molecule has 0 spiro atoms. The van der Waals surface area contributed by atoms with E-state index < -0.39 is 0 Å². The van der Waals surface area contributed by atoms with Crippen LogP contribution < -0.4 is 10.5 Å². The maximum atomic E-state index is 5.89. The monoisotopic (exact) mass is 325 g/mol. The van der Waals surface area contributed by atoms with Crippen molar-refractivity contribution in [2.75, 3.05) is 13.2 Å². The molecule has 2 aromatic rings. The van der Waals surface area contributed by atoms with Crippen LogP contribution in [0.15, 0.2) is 48.2 Å². The Hall–Kier alpha value is -2.26. The zero-order valence-electron chi connectivity index (χ0n) is 14.8. The molecular formula is C21H27NO2. The first-order chi connectivity index (χ1) is 11.6. The molecule has 3 nitrogen and oxygen atoms in total. The molecule has 0 aromatic heterocycles. The summed E-state index contributed by atoms with van der Waals surface area (Å²) in [6.07, 6.45) is 2.78. The quantitative estimate of drug-likeness (QED) is 0.721. The van der Waals surface area contributed by atoms with Gasteiger partial charge in [-0.15, -0.1) is 0 Å². The number of benzene rings is 2. The molecule has 0 fully saturated rings. The molecule has 24 heavy (non-hydrogen) atoms. The molecule has 128 valence electrons. The largest absolute Gasteiger partial charge is 0.498 e. The molecule has 3 heteroatoms. The standard InChI is InChI=1S/C21H27NO2/c1-4-23-21(9-10-22)14-18-5-7-20(8-6-18)24-15-19-12-16(2)11-17(3)13-19/h5-8,11-14H,4,9-10,15,22H2,1-3H3. The molecule has 0 amide bonds. The molecule has 0 bridgehead atoms. The van der Waals surface area contributed by atoms with Crippen molar-refractivity contribution in [1.82, 2.24) is 0 Å². The Morgan fingerprint density at radius 2 is 1.71 bits per heavy atom. The van der Waals surface area contributed by atoms with Crippen molar-refractivity contribution >= 4 is 6.08 Å². The summed E-state index contributed by atoms with van der Waals surface area (Å²) in [6, 6.07) is 14.5. The molecule has 2 N–H and O–H groups in total. The van der Waals surface area contributed by atoms with Crippen LogP contribution in [0.4, 0.5) is 0 Å². The Balaban J connectivity index is 1.99. The fourth-order valence-electron chi connectivity index (χ4n) is 2.68. The number of hydrogen-bond acceptors (Lipinski definition) is 3. The molecule has 2 rings (SSSR count). The van der Waals surface area contributed by atoms with E-state index in [0.29, 0.717) is 19.8 Å². The fraction of sp³-hybridized carbons (Fsp3) is 0.333. The minimum Gasteiger partial charge on any atom is -0.498 e. The molecule has 0 unspecified atom stereocenters. The second kappa shape index (κ2) is 9.14. The number of ether oxygens (including phenoxy) is 2. The van der Waals surface area contributed by atoms with Gasteiger partial charge in [-0.05, 0) is 56.7 Å². The number of rotatable bonds is 8. The van der Waals surface area contributed by atoms with E-state index in [9.17, 15) is 0 Å². The Labute approximate surface area is 145 Å². The summed E-state index contributed by atoms with van der Waals surface area (Å²) in [5, 5.41) is 0. The van der Waals surface area contributed by atoms with E-state index in [1.807, 2.05) is 37.3 Å². The van der Waals surface area contributed by atoms with E-state index in [1.54, 1.807) is 0 Å². The van der Waals surface area contributed by atoms with Gasteiger partial charge in [0.1, 0.15) is 12.4 Å². The van der Waals surface area contributed by atoms with Gasteiger partial charge in [0.25, 0.3) is 0 Å². The predicted octanol–water partition coefficient (Wildman–Crippen LogP) is 4.61. The molecule has 0 saturated carbocycles. The number of aryl methyl sites for hydroxylation is 2. The molecule has 0 saturated heterocycles. The lowest BCUT2D eigenvalue weighted by molar-refractivity contribution is 0.223. The zero-order valence-corrected chi connectivity index (χ0v) is 14.8. The highest BCUT2D eigenvalue weighted by molar-refractivity contribution is 5.52. The fourth-order valence-corrected chi connectivity index (χ4v) is 2.68. The average Bonchev–Trinajstić information content (AvgIpc) is 2.54. The van der Waals surface area contributed by atoms with Crippen molar-refractivity contribution in [2.24, 2.45) is 5.73 Å². The van der Waals surface area contributed by atoms with Crippen molar-refractivity contribution in [2.45, 2.75) is 33.8 Å². The Bertz CT molecular complexity index is 646. The summed E-state index contributed by atoms with van der Waals surface area (Å²) in [6.45, 7) is 8.01. The lowest BCUT2D eigenvalue weighted by Crippen LogP contribution is -2.02. The lowest BCUT2D eigenvalue weighted by Gasteiger charge is -2.09. The highest BCUT2D eigenvalue weighted by Gasteiger charge is 2.00. The van der Waals surface area contributed by atoms with Crippen LogP contribution in [0.25, 0.3) is 6.08 Å². The van der Waals surface area contributed by atoms with Crippen LogP contribution in [0.2, 0.25) is 0 Å². The van der Waals surface area contributed by atoms with Crippen LogP contribution in [-0.2, 0) is 11.3 Å². The van der Waals surface area contributed by atoms with Gasteiger partial charge >= 0.3 is 0 Å². The van der Waals surface area contributed by atoms with Crippen molar-refractivity contribution in [1.29, 1.82) is 0 Å². The van der Waals surface area contributed by atoms with E-state index in [4.69, 9.17) is 15.2 Å². The minimum atomic E-state index is 0.578. The van der Waals surface area contributed by atoms with Crippen LogP contribution in [0.1, 0.15) is 35.6 Å². The number of nitrogens with two attached hydrogens (primary N) is 1. The molecule has 0 aliphatic heterocycles. The maximum absolute atomic E-state index is 5.89. The van der Waals surface area contributed by atoms with Gasteiger partial charge in [-0.25, -0.2) is 0 Å². The second-order valence-corrected chi connectivity index (χ2v) is 5.94. The van der Waals surface area contributed by atoms with Crippen LogP contribution in [0, 0.1) is 13.8 Å². The third-order valence-electron chi connectivity index (χ3n) is 3.62. The predicted molar refractivity (Wildman–Crippen MR) is 100.0 cm³/mol. The van der Waals surface area contributed by atoms with Crippen molar-refractivity contribution in [3.63, 3.8) is 0 Å². The van der Waals surface area contributed by atoms with Crippen LogP contribution in [0.5, 0.6) is 5.75 Å². The summed E-state index contributed by atoms with van der Waals surface area (Å²) in [5.74, 6) is 1.78. The maximum Gasteiger partial charge on any atom is 0.119 e. The topological polar surface area (TPSA) is 44.5 Å². The summed E-state index contributed by atoms with van der Waals surface area (Å²) in [4.78, 5) is 0. The first kappa shape index (κ1) is 18.1. The van der Waals surface area contributed by atoms with Crippen molar-refractivity contribution in [3.05, 3.63) is 70.5 Å². The van der Waals surface area contributed by atoms with E-state index in [0.717, 1.165) is 23.5 Å². The molecule has 0 radical (unpaired) electrons. The Morgan fingerprint density at radius 3 is 2.29 bits per heavy atom. The van der Waals surface area contributed by atoms with Crippen LogP contribution >= 0.6 is 0 Å². The Morgan fingerprint density at radius 1 is 1.04 bits per heavy atom. The van der Waals surface area contributed by atoms with E-state index in [1.165, 1.54) is 16.7 Å². The lowest BCUT2D eigenvalue weighted by atomic mass is 10.1. The number of hydrogen-bond donors (Lipinski definition) is 1. The van der Waals surface area contributed by atoms with Gasteiger partial charge in [0, 0.05) is 6.42 Å². The van der Waals surface area contributed by atoms with E-state index >= 15 is 0 Å². The average molecular weight is 325 g/mol. The van der Waals surface area contributed by atoms with Crippen LogP contribution in [-0.4, -0.2) is 13.2 Å². The molecule has 0 aliphatic rings. The van der Waals surface area contributed by atoms with Gasteiger partial charge < -0.3 is 15.2 Å². The Kier molecular flexibility index (Phi) is 6.89. The van der Waals surface area contributed by atoms with Crippen molar-refractivity contribution < 1.29 is 9.47 Å².